The van der Waals surface area contributed by atoms with E-state index in [0.29, 0.717) is 23.8 Å². The van der Waals surface area contributed by atoms with Crippen LogP contribution < -0.4 is 0 Å². The summed E-state index contributed by atoms with van der Waals surface area (Å²) in [5.74, 6) is 0.867. The molecule has 1 fully saturated rings. The number of rotatable bonds is 1. The quantitative estimate of drug-likeness (QED) is 0.544. The molecule has 0 heterocycles. The van der Waals surface area contributed by atoms with Crippen LogP contribution in [0.5, 0.6) is 0 Å². The maximum Gasteiger partial charge on any atom is 0.148 e. The molecule has 0 radical (unpaired) electrons. The van der Waals surface area contributed by atoms with Gasteiger partial charge in [-0.3, -0.25) is 4.79 Å². The number of allylic oxidation sites excluding steroid dienone is 2. The first-order chi connectivity index (χ1) is 7.48. The van der Waals surface area contributed by atoms with Crippen molar-refractivity contribution in [2.45, 2.75) is 39.2 Å². The van der Waals surface area contributed by atoms with Crippen molar-refractivity contribution < 1.29 is 9.90 Å². The Morgan fingerprint density at radius 2 is 2.31 bits per heavy atom. The Hall–Kier alpha value is -0.890. The Labute approximate surface area is 97.0 Å². The third-order valence-electron chi connectivity index (χ3n) is 4.47. The van der Waals surface area contributed by atoms with Crippen molar-refractivity contribution in [1.29, 1.82) is 0 Å². The Morgan fingerprint density at radius 1 is 1.62 bits per heavy atom. The summed E-state index contributed by atoms with van der Waals surface area (Å²) in [6, 6.07) is 0. The molecule has 88 valence electrons. The summed E-state index contributed by atoms with van der Waals surface area (Å²) in [4.78, 5) is 10.9. The molecule has 2 rings (SSSR count). The first kappa shape index (κ1) is 11.6. The molecule has 0 bridgehead atoms. The molecule has 0 aromatic carbocycles. The van der Waals surface area contributed by atoms with Gasteiger partial charge in [0.25, 0.3) is 0 Å². The molecular formula is C14H20O2. The number of fused-ring (bicyclic) bond motifs is 1. The van der Waals surface area contributed by atoms with Crippen LogP contribution in [0, 0.1) is 17.3 Å². The highest BCUT2D eigenvalue weighted by Gasteiger charge is 2.44. The number of carbonyl (C=O) groups is 1. The normalized spacial score (nSPS) is 43.6. The van der Waals surface area contributed by atoms with Gasteiger partial charge in [-0.05, 0) is 36.5 Å². The molecule has 4 atom stereocenters. The van der Waals surface area contributed by atoms with Gasteiger partial charge in [0.05, 0.1) is 6.10 Å². The Morgan fingerprint density at radius 3 is 2.94 bits per heavy atom. The molecule has 0 spiro atoms. The van der Waals surface area contributed by atoms with Crippen LogP contribution in [0.1, 0.15) is 33.1 Å². The number of carbonyl (C=O) groups excluding carboxylic acids is 1. The Balaban J connectivity index is 2.37. The van der Waals surface area contributed by atoms with E-state index in [-0.39, 0.29) is 5.41 Å². The van der Waals surface area contributed by atoms with Gasteiger partial charge < -0.3 is 5.11 Å². The van der Waals surface area contributed by atoms with E-state index in [1.165, 1.54) is 5.57 Å². The topological polar surface area (TPSA) is 37.3 Å². The molecule has 2 aliphatic carbocycles. The monoisotopic (exact) mass is 220 g/mol. The lowest BCUT2D eigenvalue weighted by Gasteiger charge is -2.47. The summed E-state index contributed by atoms with van der Waals surface area (Å²) < 4.78 is 0. The van der Waals surface area contributed by atoms with Crippen LogP contribution in [0.15, 0.2) is 23.8 Å². The fraction of sp³-hybridized carbons (Fsp3) is 0.643. The third-order valence-corrected chi connectivity index (χ3v) is 4.47. The lowest BCUT2D eigenvalue weighted by Crippen LogP contribution is -2.40. The van der Waals surface area contributed by atoms with Gasteiger partial charge in [0, 0.05) is 5.57 Å². The maximum absolute atomic E-state index is 10.9. The summed E-state index contributed by atoms with van der Waals surface area (Å²) in [7, 11) is 0. The first-order valence-electron chi connectivity index (χ1n) is 6.02. The van der Waals surface area contributed by atoms with E-state index in [1.54, 1.807) is 0 Å². The predicted octanol–water partition coefficient (Wildman–Crippen LogP) is 2.48. The van der Waals surface area contributed by atoms with Crippen molar-refractivity contribution >= 4 is 6.29 Å². The van der Waals surface area contributed by atoms with Crippen LogP contribution >= 0.6 is 0 Å². The SMILES string of the molecule is C=C1[C@@H](C)CC[C@]2(C)C=C(C=O)[C@@H](O)C[C@@H]12. The van der Waals surface area contributed by atoms with Crippen LogP contribution in [0.2, 0.25) is 0 Å². The Kier molecular flexibility index (Phi) is 2.79. The minimum Gasteiger partial charge on any atom is -0.388 e. The minimum atomic E-state index is -0.599. The summed E-state index contributed by atoms with van der Waals surface area (Å²) in [5, 5.41) is 9.89. The molecule has 0 aromatic rings. The highest BCUT2D eigenvalue weighted by Crippen LogP contribution is 2.51. The van der Waals surface area contributed by atoms with Crippen molar-refractivity contribution in [2.75, 3.05) is 0 Å². The van der Waals surface area contributed by atoms with Gasteiger partial charge in [-0.1, -0.05) is 32.1 Å². The average Bonchev–Trinajstić information content (AvgIpc) is 2.26. The molecule has 2 heteroatoms. The number of hydrogen-bond acceptors (Lipinski definition) is 2. The van der Waals surface area contributed by atoms with Gasteiger partial charge in [-0.15, -0.1) is 0 Å². The van der Waals surface area contributed by atoms with Crippen molar-refractivity contribution in [3.05, 3.63) is 23.8 Å². The number of aliphatic hydroxyl groups is 1. The van der Waals surface area contributed by atoms with E-state index in [2.05, 4.69) is 20.4 Å². The third kappa shape index (κ3) is 1.65. The molecule has 0 saturated heterocycles. The average molecular weight is 220 g/mol. The van der Waals surface area contributed by atoms with Crippen molar-refractivity contribution in [3.63, 3.8) is 0 Å². The van der Waals surface area contributed by atoms with E-state index in [0.717, 1.165) is 19.1 Å². The van der Waals surface area contributed by atoms with Crippen LogP contribution in [-0.4, -0.2) is 17.5 Å². The molecule has 2 aliphatic rings. The van der Waals surface area contributed by atoms with Crippen molar-refractivity contribution in [3.8, 4) is 0 Å². The molecule has 0 unspecified atom stereocenters. The predicted molar refractivity (Wildman–Crippen MR) is 63.9 cm³/mol. The van der Waals surface area contributed by atoms with Crippen LogP contribution in [0.25, 0.3) is 0 Å². The standard InChI is InChI=1S/C14H20O2/c1-9-4-5-14(3)7-11(8-15)13(16)6-12(14)10(9)2/h7-9,12-13,16H,2,4-6H2,1,3H3/t9-,12-,13-,14+/m0/s1. The van der Waals surface area contributed by atoms with Gasteiger partial charge in [0.15, 0.2) is 0 Å². The largest absolute Gasteiger partial charge is 0.388 e. The highest BCUT2D eigenvalue weighted by atomic mass is 16.3. The lowest BCUT2D eigenvalue weighted by atomic mass is 9.58. The zero-order chi connectivity index (χ0) is 11.9. The second-order valence-corrected chi connectivity index (χ2v) is 5.59. The maximum atomic E-state index is 10.9. The van der Waals surface area contributed by atoms with Crippen LogP contribution in [-0.2, 0) is 4.79 Å². The van der Waals surface area contributed by atoms with E-state index >= 15 is 0 Å². The van der Waals surface area contributed by atoms with E-state index in [9.17, 15) is 9.90 Å². The van der Waals surface area contributed by atoms with Gasteiger partial charge >= 0.3 is 0 Å². The molecule has 2 nitrogen and oxygen atoms in total. The van der Waals surface area contributed by atoms with Crippen molar-refractivity contribution in [1.82, 2.24) is 0 Å². The molecule has 0 aromatic heterocycles. The zero-order valence-electron chi connectivity index (χ0n) is 10.1. The summed E-state index contributed by atoms with van der Waals surface area (Å²) in [5.41, 5.74) is 1.83. The van der Waals surface area contributed by atoms with E-state index in [4.69, 9.17) is 0 Å². The van der Waals surface area contributed by atoms with Gasteiger partial charge in [-0.25, -0.2) is 0 Å². The molecule has 0 amide bonds. The van der Waals surface area contributed by atoms with Gasteiger partial charge in [0.1, 0.15) is 6.29 Å². The molecule has 0 aliphatic heterocycles. The Bertz CT molecular complexity index is 356. The minimum absolute atomic E-state index is 0.0269. The fourth-order valence-corrected chi connectivity index (χ4v) is 3.20. The van der Waals surface area contributed by atoms with E-state index in [1.807, 2.05) is 6.08 Å². The summed E-state index contributed by atoms with van der Waals surface area (Å²) in [6.45, 7) is 8.57. The van der Waals surface area contributed by atoms with E-state index < -0.39 is 6.10 Å². The van der Waals surface area contributed by atoms with Crippen molar-refractivity contribution in [2.24, 2.45) is 17.3 Å². The zero-order valence-corrected chi connectivity index (χ0v) is 10.1. The molecular weight excluding hydrogens is 200 g/mol. The number of hydrogen-bond donors (Lipinski definition) is 1. The van der Waals surface area contributed by atoms with Gasteiger partial charge in [-0.2, -0.15) is 0 Å². The summed E-state index contributed by atoms with van der Waals surface area (Å²) in [6.07, 6.45) is 5.05. The number of aliphatic hydroxyl groups excluding tert-OH is 1. The highest BCUT2D eigenvalue weighted by molar-refractivity contribution is 5.75. The van der Waals surface area contributed by atoms with Crippen LogP contribution in [0.3, 0.4) is 0 Å². The van der Waals surface area contributed by atoms with Crippen LogP contribution in [0.4, 0.5) is 0 Å². The van der Waals surface area contributed by atoms with Gasteiger partial charge in [0.2, 0.25) is 0 Å². The molecule has 1 N–H and O–H groups in total. The second-order valence-electron chi connectivity index (χ2n) is 5.59. The number of aldehydes is 1. The smallest absolute Gasteiger partial charge is 0.148 e. The summed E-state index contributed by atoms with van der Waals surface area (Å²) >= 11 is 0. The molecule has 1 saturated carbocycles. The first-order valence-corrected chi connectivity index (χ1v) is 6.02. The lowest BCUT2D eigenvalue weighted by molar-refractivity contribution is -0.106. The second kappa shape index (κ2) is 3.85. The fourth-order valence-electron chi connectivity index (χ4n) is 3.20. The molecule has 16 heavy (non-hydrogen) atoms.